The zero-order valence-corrected chi connectivity index (χ0v) is 14.8. The van der Waals surface area contributed by atoms with Crippen LogP contribution in [-0.2, 0) is 0 Å². The maximum absolute atomic E-state index is 3.52. The lowest BCUT2D eigenvalue weighted by Crippen LogP contribution is -2.28. The molecule has 1 nitrogen and oxygen atoms in total. The third-order valence-electron chi connectivity index (χ3n) is 4.65. The van der Waals surface area contributed by atoms with Crippen LogP contribution < -0.4 is 5.32 Å². The van der Waals surface area contributed by atoms with Crippen LogP contribution in [-0.4, -0.2) is 24.1 Å². The van der Waals surface area contributed by atoms with Gasteiger partial charge in [0, 0.05) is 17.0 Å². The second kappa shape index (κ2) is 13.0. The van der Waals surface area contributed by atoms with Gasteiger partial charge in [0.2, 0.25) is 0 Å². The number of unbranched alkanes of at least 4 members (excludes halogenated alkanes) is 7. The monoisotopic (exact) mass is 299 g/mol. The average molecular weight is 300 g/mol. The molecule has 0 heterocycles. The molecular weight excluding hydrogens is 262 g/mol. The van der Waals surface area contributed by atoms with Crippen molar-refractivity contribution < 1.29 is 0 Å². The summed E-state index contributed by atoms with van der Waals surface area (Å²) in [4.78, 5) is 0. The van der Waals surface area contributed by atoms with Crippen molar-refractivity contribution >= 4 is 11.8 Å². The number of hydrogen-bond acceptors (Lipinski definition) is 2. The Morgan fingerprint density at radius 3 is 2.15 bits per heavy atom. The molecule has 0 radical (unpaired) electrons. The van der Waals surface area contributed by atoms with Crippen LogP contribution >= 0.6 is 11.8 Å². The lowest BCUT2D eigenvalue weighted by atomic mass is 10.1. The van der Waals surface area contributed by atoms with E-state index in [1.54, 1.807) is 0 Å². The minimum atomic E-state index is 0.751. The fourth-order valence-electron chi connectivity index (χ4n) is 3.14. The van der Waals surface area contributed by atoms with Gasteiger partial charge >= 0.3 is 0 Å². The van der Waals surface area contributed by atoms with E-state index in [1.165, 1.54) is 89.2 Å². The zero-order valence-electron chi connectivity index (χ0n) is 14.0. The summed E-state index contributed by atoms with van der Waals surface area (Å²) in [5, 5.41) is 4.50. The van der Waals surface area contributed by atoms with Crippen molar-refractivity contribution in [3.63, 3.8) is 0 Å². The predicted molar refractivity (Wildman–Crippen MR) is 94.8 cm³/mol. The van der Waals surface area contributed by atoms with Gasteiger partial charge in [-0.25, -0.2) is 0 Å². The molecule has 1 saturated carbocycles. The molecule has 0 saturated heterocycles. The highest BCUT2D eigenvalue weighted by Gasteiger charge is 2.17. The molecule has 2 heteroatoms. The SMILES string of the molecule is CCCCCCCCCCC(CSC1CCCC1)NC. The average Bonchev–Trinajstić information content (AvgIpc) is 2.98. The zero-order chi connectivity index (χ0) is 14.5. The van der Waals surface area contributed by atoms with Crippen LogP contribution in [0, 0.1) is 0 Å². The summed E-state index contributed by atoms with van der Waals surface area (Å²) in [6.45, 7) is 2.29. The molecule has 1 fully saturated rings. The first-order valence-corrected chi connectivity index (χ1v) is 10.2. The van der Waals surface area contributed by atoms with Crippen LogP contribution in [0.2, 0.25) is 0 Å². The largest absolute Gasteiger partial charge is 0.316 e. The minimum Gasteiger partial charge on any atom is -0.316 e. The summed E-state index contributed by atoms with van der Waals surface area (Å²) in [5.41, 5.74) is 0. The fourth-order valence-corrected chi connectivity index (χ4v) is 4.65. The molecule has 1 rings (SSSR count). The minimum absolute atomic E-state index is 0.751. The molecule has 1 aliphatic carbocycles. The molecule has 0 spiro atoms. The standard InChI is InChI=1S/C18H37NS/c1-3-4-5-6-7-8-9-10-13-17(19-2)16-20-18-14-11-12-15-18/h17-19H,3-16H2,1-2H3. The van der Waals surface area contributed by atoms with Crippen molar-refractivity contribution in [3.05, 3.63) is 0 Å². The van der Waals surface area contributed by atoms with Gasteiger partial charge in [0.05, 0.1) is 0 Å². The van der Waals surface area contributed by atoms with Crippen molar-refractivity contribution in [2.75, 3.05) is 12.8 Å². The summed E-state index contributed by atoms with van der Waals surface area (Å²) < 4.78 is 0. The lowest BCUT2D eigenvalue weighted by Gasteiger charge is -2.18. The highest BCUT2D eigenvalue weighted by atomic mass is 32.2. The van der Waals surface area contributed by atoms with Crippen LogP contribution in [0.5, 0.6) is 0 Å². The summed E-state index contributed by atoms with van der Waals surface area (Å²) in [7, 11) is 2.14. The molecule has 1 aliphatic rings. The Labute approximate surface area is 132 Å². The van der Waals surface area contributed by atoms with E-state index in [-0.39, 0.29) is 0 Å². The molecule has 1 atom stereocenters. The van der Waals surface area contributed by atoms with E-state index in [4.69, 9.17) is 0 Å². The van der Waals surface area contributed by atoms with E-state index in [0.717, 1.165) is 11.3 Å². The molecule has 120 valence electrons. The second-order valence-electron chi connectivity index (χ2n) is 6.49. The molecular formula is C18H37NS. The smallest absolute Gasteiger partial charge is 0.0155 e. The van der Waals surface area contributed by atoms with Gasteiger partial charge in [0.15, 0.2) is 0 Å². The molecule has 20 heavy (non-hydrogen) atoms. The third-order valence-corrected chi connectivity index (χ3v) is 6.19. The van der Waals surface area contributed by atoms with Gasteiger partial charge in [-0.1, -0.05) is 71.1 Å². The van der Waals surface area contributed by atoms with E-state index >= 15 is 0 Å². The van der Waals surface area contributed by atoms with E-state index in [9.17, 15) is 0 Å². The Hall–Kier alpha value is 0.310. The number of thioether (sulfide) groups is 1. The molecule has 0 aliphatic heterocycles. The van der Waals surface area contributed by atoms with Gasteiger partial charge in [-0.05, 0) is 26.3 Å². The van der Waals surface area contributed by atoms with Crippen LogP contribution in [0.1, 0.15) is 90.4 Å². The van der Waals surface area contributed by atoms with Crippen LogP contribution in [0.25, 0.3) is 0 Å². The number of rotatable bonds is 13. The summed E-state index contributed by atoms with van der Waals surface area (Å²) in [6.07, 6.45) is 18.7. The van der Waals surface area contributed by atoms with Gasteiger partial charge in [0.1, 0.15) is 0 Å². The molecule has 0 amide bonds. The topological polar surface area (TPSA) is 12.0 Å². The van der Waals surface area contributed by atoms with Crippen LogP contribution in [0.3, 0.4) is 0 Å². The van der Waals surface area contributed by atoms with Gasteiger partial charge in [-0.15, -0.1) is 0 Å². The van der Waals surface area contributed by atoms with Gasteiger partial charge in [-0.3, -0.25) is 0 Å². The fraction of sp³-hybridized carbons (Fsp3) is 1.00. The van der Waals surface area contributed by atoms with Crippen LogP contribution in [0.4, 0.5) is 0 Å². The highest BCUT2D eigenvalue weighted by molar-refractivity contribution is 7.99. The van der Waals surface area contributed by atoms with Crippen LogP contribution in [0.15, 0.2) is 0 Å². The summed E-state index contributed by atoms with van der Waals surface area (Å²) in [6, 6.07) is 0.751. The molecule has 1 N–H and O–H groups in total. The number of hydrogen-bond donors (Lipinski definition) is 1. The Balaban J connectivity index is 1.89. The van der Waals surface area contributed by atoms with E-state index in [0.29, 0.717) is 0 Å². The van der Waals surface area contributed by atoms with Gasteiger partial charge in [-0.2, -0.15) is 11.8 Å². The van der Waals surface area contributed by atoms with E-state index in [2.05, 4.69) is 31.1 Å². The maximum atomic E-state index is 3.52. The van der Waals surface area contributed by atoms with Crippen molar-refractivity contribution in [3.8, 4) is 0 Å². The summed E-state index contributed by atoms with van der Waals surface area (Å²) in [5.74, 6) is 1.33. The first kappa shape index (κ1) is 18.4. The molecule has 1 unspecified atom stereocenters. The molecule has 0 aromatic rings. The van der Waals surface area contributed by atoms with Crippen molar-refractivity contribution in [1.29, 1.82) is 0 Å². The van der Waals surface area contributed by atoms with Crippen molar-refractivity contribution in [2.45, 2.75) is 102 Å². The highest BCUT2D eigenvalue weighted by Crippen LogP contribution is 2.30. The molecule has 0 bridgehead atoms. The quantitative estimate of drug-likeness (QED) is 0.433. The van der Waals surface area contributed by atoms with Crippen molar-refractivity contribution in [2.24, 2.45) is 0 Å². The lowest BCUT2D eigenvalue weighted by molar-refractivity contribution is 0.508. The predicted octanol–water partition coefficient (Wildman–Crippen LogP) is 5.78. The van der Waals surface area contributed by atoms with Gasteiger partial charge in [0.25, 0.3) is 0 Å². The Bertz CT molecular complexity index is 202. The second-order valence-corrected chi connectivity index (χ2v) is 7.82. The Morgan fingerprint density at radius 2 is 1.55 bits per heavy atom. The normalized spacial score (nSPS) is 17.7. The maximum Gasteiger partial charge on any atom is 0.0155 e. The van der Waals surface area contributed by atoms with Gasteiger partial charge < -0.3 is 5.32 Å². The molecule has 0 aromatic carbocycles. The Morgan fingerprint density at radius 1 is 0.950 bits per heavy atom. The first-order chi connectivity index (χ1) is 9.86. The molecule has 0 aromatic heterocycles. The third kappa shape index (κ3) is 9.28. The van der Waals surface area contributed by atoms with E-state index in [1.807, 2.05) is 0 Å². The first-order valence-electron chi connectivity index (χ1n) is 9.15. The van der Waals surface area contributed by atoms with E-state index < -0.39 is 0 Å². The Kier molecular flexibility index (Phi) is 11.9. The van der Waals surface area contributed by atoms with Crippen molar-refractivity contribution in [1.82, 2.24) is 5.32 Å². The summed E-state index contributed by atoms with van der Waals surface area (Å²) >= 11 is 2.23. The number of nitrogens with one attached hydrogen (secondary N) is 1.